The predicted molar refractivity (Wildman–Crippen MR) is 126 cm³/mol. The van der Waals surface area contributed by atoms with Crippen LogP contribution in [0, 0.1) is 11.6 Å². The Hall–Kier alpha value is -3.44. The number of hydrogen-bond acceptors (Lipinski definition) is 5. The van der Waals surface area contributed by atoms with Crippen molar-refractivity contribution in [1.29, 1.82) is 0 Å². The molecule has 1 amide bonds. The van der Waals surface area contributed by atoms with Crippen molar-refractivity contribution in [2.45, 2.75) is 57.3 Å². The van der Waals surface area contributed by atoms with Crippen molar-refractivity contribution in [3.63, 3.8) is 0 Å². The first kappa shape index (κ1) is 25.2. The number of piperazine rings is 1. The van der Waals surface area contributed by atoms with Crippen LogP contribution in [0.3, 0.4) is 0 Å². The van der Waals surface area contributed by atoms with Gasteiger partial charge in [-0.2, -0.15) is 13.2 Å². The number of halogens is 5. The van der Waals surface area contributed by atoms with Crippen molar-refractivity contribution in [2.75, 3.05) is 24.5 Å². The van der Waals surface area contributed by atoms with E-state index in [1.165, 1.54) is 23.4 Å². The molecule has 5 rings (SSSR count). The van der Waals surface area contributed by atoms with Crippen LogP contribution in [0.5, 0.6) is 0 Å². The number of ether oxygens (including phenoxy) is 1. The molecule has 1 atom stereocenters. The Labute approximate surface area is 209 Å². The fourth-order valence-electron chi connectivity index (χ4n) is 4.69. The second-order valence-electron chi connectivity index (χ2n) is 10.4. The number of anilines is 1. The first-order chi connectivity index (χ1) is 17.3. The summed E-state index contributed by atoms with van der Waals surface area (Å²) < 4.78 is 77.1. The number of benzene rings is 1. The van der Waals surface area contributed by atoms with Crippen LogP contribution in [-0.4, -0.2) is 63.0 Å². The molecular formula is C25H26F5N5O2. The van der Waals surface area contributed by atoms with Crippen LogP contribution in [0.1, 0.15) is 45.1 Å². The van der Waals surface area contributed by atoms with Crippen molar-refractivity contribution in [3.8, 4) is 5.69 Å². The van der Waals surface area contributed by atoms with Crippen molar-refractivity contribution in [3.05, 3.63) is 47.9 Å². The highest BCUT2D eigenvalue weighted by atomic mass is 19.4. The molecule has 3 heterocycles. The van der Waals surface area contributed by atoms with Gasteiger partial charge in [-0.3, -0.25) is 4.90 Å². The Morgan fingerprint density at radius 3 is 2.30 bits per heavy atom. The summed E-state index contributed by atoms with van der Waals surface area (Å²) in [6, 6.07) is 0.990. The molecule has 0 N–H and O–H groups in total. The minimum atomic E-state index is -4.70. The molecule has 0 unspecified atom stereocenters. The van der Waals surface area contributed by atoms with Crippen molar-refractivity contribution >= 4 is 22.9 Å². The van der Waals surface area contributed by atoms with Crippen molar-refractivity contribution < 1.29 is 31.5 Å². The Balaban J connectivity index is 1.56. The topological polar surface area (TPSA) is 63.5 Å². The summed E-state index contributed by atoms with van der Waals surface area (Å²) in [5.41, 5.74) is 0.423. The summed E-state index contributed by atoms with van der Waals surface area (Å²) in [4.78, 5) is 23.5. The summed E-state index contributed by atoms with van der Waals surface area (Å²) in [6.45, 7) is 4.10. The number of alkyl halides is 3. The van der Waals surface area contributed by atoms with Gasteiger partial charge in [0.15, 0.2) is 0 Å². The highest BCUT2D eigenvalue weighted by Crippen LogP contribution is 2.46. The molecule has 0 bridgehead atoms. The third-order valence-electron chi connectivity index (χ3n) is 6.42. The maximum atomic E-state index is 14.1. The van der Waals surface area contributed by atoms with E-state index < -0.39 is 42.1 Å². The summed E-state index contributed by atoms with van der Waals surface area (Å²) >= 11 is 0. The summed E-state index contributed by atoms with van der Waals surface area (Å²) in [6.07, 6.45) is -1.02. The molecule has 1 aliphatic heterocycles. The van der Waals surface area contributed by atoms with Gasteiger partial charge < -0.3 is 14.2 Å². The molecule has 198 valence electrons. The third kappa shape index (κ3) is 5.05. The molecule has 2 fully saturated rings. The molecule has 12 heteroatoms. The largest absolute Gasteiger partial charge is 0.444 e. The molecule has 2 aromatic heterocycles. The molecule has 1 aromatic carbocycles. The van der Waals surface area contributed by atoms with Gasteiger partial charge in [0.1, 0.15) is 41.1 Å². The Kier molecular flexibility index (Phi) is 6.03. The van der Waals surface area contributed by atoms with E-state index in [2.05, 4.69) is 9.97 Å². The normalized spacial score (nSPS) is 19.0. The number of nitrogens with zero attached hydrogens (tertiary/aromatic N) is 5. The lowest BCUT2D eigenvalue weighted by molar-refractivity contribution is -0.181. The lowest BCUT2D eigenvalue weighted by Crippen LogP contribution is -2.61. The summed E-state index contributed by atoms with van der Waals surface area (Å²) in [7, 11) is 0. The van der Waals surface area contributed by atoms with Crippen molar-refractivity contribution in [2.24, 2.45) is 0 Å². The molecular weight excluding hydrogens is 497 g/mol. The van der Waals surface area contributed by atoms with Crippen LogP contribution < -0.4 is 4.90 Å². The third-order valence-corrected chi connectivity index (χ3v) is 6.42. The maximum Gasteiger partial charge on any atom is 0.410 e. The fraction of sp³-hybridized carbons (Fsp3) is 0.480. The molecule has 7 nitrogen and oxygen atoms in total. The van der Waals surface area contributed by atoms with Crippen LogP contribution in [0.4, 0.5) is 32.6 Å². The van der Waals surface area contributed by atoms with Gasteiger partial charge in [0.2, 0.25) is 0 Å². The number of rotatable bonds is 3. The quantitative estimate of drug-likeness (QED) is 0.421. The Morgan fingerprint density at radius 1 is 1.03 bits per heavy atom. The van der Waals surface area contributed by atoms with E-state index in [0.29, 0.717) is 21.8 Å². The molecule has 2 aliphatic rings. The van der Waals surface area contributed by atoms with E-state index in [1.54, 1.807) is 31.5 Å². The highest BCUT2D eigenvalue weighted by molar-refractivity contribution is 5.93. The highest BCUT2D eigenvalue weighted by Gasteiger charge is 2.50. The maximum absolute atomic E-state index is 14.1. The number of aromatic nitrogens is 3. The molecule has 1 saturated carbocycles. The Bertz CT molecular complexity index is 1330. The fourth-order valence-corrected chi connectivity index (χ4v) is 4.69. The number of fused-ring (bicyclic) bond motifs is 1. The molecule has 0 spiro atoms. The summed E-state index contributed by atoms with van der Waals surface area (Å²) in [5.74, 6) is -1.08. The van der Waals surface area contributed by atoms with Gasteiger partial charge in [0.25, 0.3) is 0 Å². The van der Waals surface area contributed by atoms with Crippen LogP contribution in [0.15, 0.2) is 30.7 Å². The first-order valence-corrected chi connectivity index (χ1v) is 12.0. The Morgan fingerprint density at radius 2 is 1.70 bits per heavy atom. The van der Waals surface area contributed by atoms with Crippen molar-refractivity contribution in [1.82, 2.24) is 19.4 Å². The standard InChI is InChI=1S/C25H26F5N5O2/c1-24(2,3)37-23(36)34-7-6-33(12-19(34)25(28,29)30)21-20-18(14-4-5-14)11-35(22(20)32-13-31-21)17-9-15(26)8-16(27)10-17/h8-11,13-14,19H,4-7,12H2,1-3H3/t19-/m1/s1. The van der Waals surface area contributed by atoms with E-state index in [1.807, 2.05) is 0 Å². The predicted octanol–water partition coefficient (Wildman–Crippen LogP) is 5.56. The van der Waals surface area contributed by atoms with Crippen LogP contribution in [0.25, 0.3) is 16.7 Å². The second kappa shape index (κ2) is 8.84. The zero-order valence-corrected chi connectivity index (χ0v) is 20.5. The van der Waals surface area contributed by atoms with E-state index in [-0.39, 0.29) is 24.7 Å². The van der Waals surface area contributed by atoms with Crippen LogP contribution >= 0.6 is 0 Å². The van der Waals surface area contributed by atoms with Gasteiger partial charge in [-0.25, -0.2) is 23.5 Å². The van der Waals surface area contributed by atoms with E-state index in [0.717, 1.165) is 24.5 Å². The number of amides is 1. The zero-order valence-electron chi connectivity index (χ0n) is 20.5. The van der Waals surface area contributed by atoms with Gasteiger partial charge >= 0.3 is 12.3 Å². The van der Waals surface area contributed by atoms with Gasteiger partial charge in [0, 0.05) is 31.9 Å². The van der Waals surface area contributed by atoms with E-state index in [4.69, 9.17) is 4.74 Å². The van der Waals surface area contributed by atoms with Gasteiger partial charge in [0.05, 0.1) is 11.1 Å². The van der Waals surface area contributed by atoms with E-state index >= 15 is 0 Å². The number of hydrogen-bond donors (Lipinski definition) is 0. The van der Waals surface area contributed by atoms with Crippen LogP contribution in [0.2, 0.25) is 0 Å². The van der Waals surface area contributed by atoms with Gasteiger partial charge in [-0.1, -0.05) is 0 Å². The molecule has 37 heavy (non-hydrogen) atoms. The SMILES string of the molecule is CC(C)(C)OC(=O)N1CCN(c2ncnc3c2c(C2CC2)cn3-c2cc(F)cc(F)c2)C[C@@H]1C(F)(F)F. The lowest BCUT2D eigenvalue weighted by Gasteiger charge is -2.42. The molecule has 3 aromatic rings. The lowest BCUT2D eigenvalue weighted by atomic mass is 10.1. The number of carbonyl (C=O) groups is 1. The van der Waals surface area contributed by atoms with E-state index in [9.17, 15) is 26.7 Å². The average molecular weight is 524 g/mol. The van der Waals surface area contributed by atoms with Crippen LogP contribution in [-0.2, 0) is 4.74 Å². The molecule has 0 radical (unpaired) electrons. The molecule has 1 saturated heterocycles. The zero-order chi connectivity index (χ0) is 26.7. The first-order valence-electron chi connectivity index (χ1n) is 12.0. The number of carbonyl (C=O) groups excluding carboxylic acids is 1. The average Bonchev–Trinajstić information content (AvgIpc) is 3.56. The smallest absolute Gasteiger partial charge is 0.410 e. The summed E-state index contributed by atoms with van der Waals surface area (Å²) in [5, 5.41) is 0.543. The minimum Gasteiger partial charge on any atom is -0.444 e. The van der Waals surface area contributed by atoms with Gasteiger partial charge in [-0.15, -0.1) is 0 Å². The van der Waals surface area contributed by atoms with Gasteiger partial charge in [-0.05, 0) is 57.2 Å². The minimum absolute atomic E-state index is 0.0851. The second-order valence-corrected chi connectivity index (χ2v) is 10.4. The monoisotopic (exact) mass is 523 g/mol. The molecule has 1 aliphatic carbocycles.